The van der Waals surface area contributed by atoms with Crippen molar-refractivity contribution in [1.29, 1.82) is 0 Å². The number of furan rings is 1. The number of nitro groups is 1. The van der Waals surface area contributed by atoms with E-state index in [4.69, 9.17) is 4.42 Å². The van der Waals surface area contributed by atoms with Crippen LogP contribution >= 0.6 is 0 Å². The fourth-order valence-corrected chi connectivity index (χ4v) is 2.65. The lowest BCUT2D eigenvalue weighted by atomic mass is 10.2. The average molecular weight is 314 g/mol. The van der Waals surface area contributed by atoms with E-state index in [-0.39, 0.29) is 16.7 Å². The van der Waals surface area contributed by atoms with Gasteiger partial charge in [-0.2, -0.15) is 5.10 Å². The third-order valence-electron chi connectivity index (χ3n) is 3.83. The number of nitrogens with one attached hydrogen (secondary N) is 1. The molecule has 0 saturated heterocycles. The molecule has 3 rings (SSSR count). The van der Waals surface area contributed by atoms with Crippen molar-refractivity contribution in [2.24, 2.45) is 7.05 Å². The summed E-state index contributed by atoms with van der Waals surface area (Å²) in [6.45, 7) is 3.75. The zero-order valence-corrected chi connectivity index (χ0v) is 13.2. The molecule has 0 fully saturated rings. The molecular formula is C16H18N4O3. The van der Waals surface area contributed by atoms with E-state index < -0.39 is 0 Å². The monoisotopic (exact) mass is 314 g/mol. The first-order valence-corrected chi connectivity index (χ1v) is 7.46. The summed E-state index contributed by atoms with van der Waals surface area (Å²) >= 11 is 0. The molecule has 0 unspecified atom stereocenters. The highest BCUT2D eigenvalue weighted by Gasteiger charge is 2.27. The number of hydrogen-bond acceptors (Lipinski definition) is 5. The van der Waals surface area contributed by atoms with Crippen molar-refractivity contribution in [1.82, 2.24) is 9.78 Å². The van der Waals surface area contributed by atoms with Crippen LogP contribution in [-0.2, 0) is 13.5 Å². The number of nitrogens with zero attached hydrogens (tertiary/aromatic N) is 3. The number of benzene rings is 1. The molecule has 23 heavy (non-hydrogen) atoms. The largest absolute Gasteiger partial charge is 0.459 e. The number of fused-ring (bicyclic) bond motifs is 1. The Hall–Kier alpha value is -2.83. The summed E-state index contributed by atoms with van der Waals surface area (Å²) in [6, 6.07) is 9.44. The lowest BCUT2D eigenvalue weighted by Crippen LogP contribution is -2.10. The zero-order valence-electron chi connectivity index (χ0n) is 13.2. The summed E-state index contributed by atoms with van der Waals surface area (Å²) < 4.78 is 7.32. The van der Waals surface area contributed by atoms with Gasteiger partial charge in [-0.25, -0.2) is 4.68 Å². The Balaban J connectivity index is 1.95. The Kier molecular flexibility index (Phi) is 3.77. The van der Waals surface area contributed by atoms with Crippen LogP contribution in [0.2, 0.25) is 0 Å². The molecule has 0 aliphatic carbocycles. The Labute approximate surface area is 133 Å². The van der Waals surface area contributed by atoms with E-state index in [9.17, 15) is 10.1 Å². The van der Waals surface area contributed by atoms with E-state index in [1.54, 1.807) is 7.05 Å². The number of anilines is 1. The van der Waals surface area contributed by atoms with Crippen molar-refractivity contribution in [2.75, 3.05) is 5.32 Å². The van der Waals surface area contributed by atoms with Crippen molar-refractivity contribution in [3.8, 4) is 0 Å². The first-order valence-electron chi connectivity index (χ1n) is 7.46. The molecule has 1 atom stereocenters. The molecule has 0 saturated carbocycles. The number of aromatic nitrogens is 2. The van der Waals surface area contributed by atoms with Crippen LogP contribution in [0.3, 0.4) is 0 Å². The lowest BCUT2D eigenvalue weighted by Gasteiger charge is -2.12. The Morgan fingerprint density at radius 3 is 2.83 bits per heavy atom. The third kappa shape index (κ3) is 2.65. The predicted octanol–water partition coefficient (Wildman–Crippen LogP) is 3.81. The van der Waals surface area contributed by atoms with Crippen molar-refractivity contribution in [2.45, 2.75) is 26.3 Å². The molecule has 0 amide bonds. The lowest BCUT2D eigenvalue weighted by molar-refractivity contribution is -0.384. The number of hydrogen-bond donors (Lipinski definition) is 1. The fraction of sp³-hybridized carbons (Fsp3) is 0.312. The topological polar surface area (TPSA) is 86.1 Å². The van der Waals surface area contributed by atoms with E-state index in [0.29, 0.717) is 17.9 Å². The molecule has 1 N–H and O–H groups in total. The SMILES string of the molecule is CCc1nn(C)c(N[C@H](C)c2cc3ccccc3o2)c1[N+](=O)[O-]. The van der Waals surface area contributed by atoms with Crippen LogP contribution in [0.5, 0.6) is 0 Å². The van der Waals surface area contributed by atoms with Gasteiger partial charge in [0.2, 0.25) is 5.82 Å². The smallest absolute Gasteiger partial charge is 0.333 e. The van der Waals surface area contributed by atoms with Crippen molar-refractivity contribution in [3.05, 3.63) is 51.9 Å². The van der Waals surface area contributed by atoms with Gasteiger partial charge in [0.1, 0.15) is 17.0 Å². The molecule has 0 radical (unpaired) electrons. The molecule has 120 valence electrons. The maximum atomic E-state index is 11.4. The molecule has 2 aromatic heterocycles. The molecule has 2 heterocycles. The summed E-state index contributed by atoms with van der Waals surface area (Å²) in [4.78, 5) is 11.0. The van der Waals surface area contributed by atoms with E-state index >= 15 is 0 Å². The van der Waals surface area contributed by atoms with Gasteiger partial charge >= 0.3 is 5.69 Å². The maximum Gasteiger partial charge on any atom is 0.333 e. The second-order valence-electron chi connectivity index (χ2n) is 5.43. The van der Waals surface area contributed by atoms with Gasteiger partial charge in [-0.15, -0.1) is 0 Å². The molecule has 0 aliphatic rings. The summed E-state index contributed by atoms with van der Waals surface area (Å²) in [7, 11) is 1.69. The summed E-state index contributed by atoms with van der Waals surface area (Å²) in [5, 5.41) is 19.7. The van der Waals surface area contributed by atoms with Crippen molar-refractivity contribution < 1.29 is 9.34 Å². The summed E-state index contributed by atoms with van der Waals surface area (Å²) in [5.74, 6) is 1.11. The Morgan fingerprint density at radius 1 is 1.43 bits per heavy atom. The van der Waals surface area contributed by atoms with Crippen LogP contribution in [0.1, 0.15) is 31.3 Å². The molecule has 3 aromatic rings. The van der Waals surface area contributed by atoms with Gasteiger partial charge in [0.25, 0.3) is 0 Å². The number of rotatable bonds is 5. The summed E-state index contributed by atoms with van der Waals surface area (Å²) in [6.07, 6.45) is 0.505. The minimum Gasteiger partial charge on any atom is -0.459 e. The molecule has 7 heteroatoms. The van der Waals surface area contributed by atoms with Crippen LogP contribution in [0.15, 0.2) is 34.7 Å². The quantitative estimate of drug-likeness (QED) is 0.571. The van der Waals surface area contributed by atoms with E-state index in [2.05, 4.69) is 10.4 Å². The standard InChI is InChI=1S/C16H18N4O3/c1-4-12-15(20(21)22)16(19(3)18-12)17-10(2)14-9-11-7-5-6-8-13(11)23-14/h5-10,17H,4H2,1-3H3/t10-/m1/s1. The second-order valence-corrected chi connectivity index (χ2v) is 5.43. The highest BCUT2D eigenvalue weighted by molar-refractivity contribution is 5.78. The normalized spacial score (nSPS) is 12.5. The molecule has 0 spiro atoms. The average Bonchev–Trinajstić information content (AvgIpc) is 3.08. The Bertz CT molecular complexity index is 832. The Morgan fingerprint density at radius 2 is 2.17 bits per heavy atom. The second kappa shape index (κ2) is 5.75. The molecule has 7 nitrogen and oxygen atoms in total. The van der Waals surface area contributed by atoms with Crippen LogP contribution < -0.4 is 5.32 Å². The minimum atomic E-state index is -0.389. The molecular weight excluding hydrogens is 296 g/mol. The van der Waals surface area contributed by atoms with Gasteiger partial charge in [-0.05, 0) is 25.5 Å². The van der Waals surface area contributed by atoms with Gasteiger partial charge in [0, 0.05) is 12.4 Å². The zero-order chi connectivity index (χ0) is 16.6. The first kappa shape index (κ1) is 15.1. The van der Waals surface area contributed by atoms with Gasteiger partial charge < -0.3 is 9.73 Å². The van der Waals surface area contributed by atoms with E-state index in [1.165, 1.54) is 4.68 Å². The van der Waals surface area contributed by atoms with Crippen molar-refractivity contribution >= 4 is 22.5 Å². The van der Waals surface area contributed by atoms with Gasteiger partial charge in [-0.3, -0.25) is 10.1 Å². The highest BCUT2D eigenvalue weighted by Crippen LogP contribution is 2.32. The van der Waals surface area contributed by atoms with E-state index in [1.807, 2.05) is 44.2 Å². The maximum absolute atomic E-state index is 11.4. The van der Waals surface area contributed by atoms with Gasteiger partial charge in [0.05, 0.1) is 11.0 Å². The highest BCUT2D eigenvalue weighted by atomic mass is 16.6. The minimum absolute atomic E-state index is 0.0259. The predicted molar refractivity (Wildman–Crippen MR) is 87.5 cm³/mol. The van der Waals surface area contributed by atoms with Gasteiger partial charge in [0.15, 0.2) is 0 Å². The first-order chi connectivity index (χ1) is 11.0. The number of para-hydroxylation sites is 1. The third-order valence-corrected chi connectivity index (χ3v) is 3.83. The molecule has 0 aliphatic heterocycles. The van der Waals surface area contributed by atoms with Crippen LogP contribution in [-0.4, -0.2) is 14.7 Å². The van der Waals surface area contributed by atoms with Crippen molar-refractivity contribution in [3.63, 3.8) is 0 Å². The molecule has 1 aromatic carbocycles. The summed E-state index contributed by atoms with van der Waals surface area (Å²) in [5.41, 5.74) is 1.29. The number of aryl methyl sites for hydroxylation is 2. The van der Waals surface area contributed by atoms with Crippen LogP contribution in [0.25, 0.3) is 11.0 Å². The molecule has 0 bridgehead atoms. The van der Waals surface area contributed by atoms with Crippen LogP contribution in [0.4, 0.5) is 11.5 Å². The fourth-order valence-electron chi connectivity index (χ4n) is 2.65. The van der Waals surface area contributed by atoms with Crippen LogP contribution in [0, 0.1) is 10.1 Å². The van der Waals surface area contributed by atoms with E-state index in [0.717, 1.165) is 16.7 Å². The van der Waals surface area contributed by atoms with Gasteiger partial charge in [-0.1, -0.05) is 25.1 Å².